The second-order valence-electron chi connectivity index (χ2n) is 5.12. The fourth-order valence-electron chi connectivity index (χ4n) is 2.04. The molecule has 0 saturated heterocycles. The second-order valence-corrected chi connectivity index (χ2v) is 5.56. The average molecular weight is 290 g/mol. The van der Waals surface area contributed by atoms with Gasteiger partial charge in [0.05, 0.1) is 0 Å². The summed E-state index contributed by atoms with van der Waals surface area (Å²) in [6.07, 6.45) is -0.158. The van der Waals surface area contributed by atoms with Crippen molar-refractivity contribution in [1.82, 2.24) is 0 Å². The van der Waals surface area contributed by atoms with E-state index in [0.717, 1.165) is 11.3 Å². The first-order valence-electron chi connectivity index (χ1n) is 6.82. The second kappa shape index (κ2) is 6.78. The van der Waals surface area contributed by atoms with E-state index in [4.69, 9.17) is 22.1 Å². The highest BCUT2D eigenvalue weighted by atomic mass is 35.5. The molecule has 0 aliphatic carbocycles. The van der Waals surface area contributed by atoms with Crippen molar-refractivity contribution in [2.24, 2.45) is 5.73 Å². The lowest BCUT2D eigenvalue weighted by Gasteiger charge is -2.19. The summed E-state index contributed by atoms with van der Waals surface area (Å²) in [4.78, 5) is 0. The third-order valence-electron chi connectivity index (χ3n) is 3.26. The van der Waals surface area contributed by atoms with Gasteiger partial charge in [0.1, 0.15) is 11.9 Å². The highest BCUT2D eigenvalue weighted by molar-refractivity contribution is 6.30. The van der Waals surface area contributed by atoms with Crippen LogP contribution in [0.1, 0.15) is 37.0 Å². The first-order chi connectivity index (χ1) is 9.60. The van der Waals surface area contributed by atoms with Gasteiger partial charge in [-0.2, -0.15) is 0 Å². The number of rotatable bonds is 5. The molecule has 0 radical (unpaired) electrons. The zero-order valence-corrected chi connectivity index (χ0v) is 12.6. The number of hydrogen-bond acceptors (Lipinski definition) is 2. The molecule has 0 aromatic heterocycles. The minimum absolute atomic E-state index is 0.158. The van der Waals surface area contributed by atoms with Gasteiger partial charge < -0.3 is 10.5 Å². The Morgan fingerprint density at radius 2 is 1.75 bits per heavy atom. The van der Waals surface area contributed by atoms with E-state index >= 15 is 0 Å². The van der Waals surface area contributed by atoms with Crippen LogP contribution in [0.2, 0.25) is 5.02 Å². The highest BCUT2D eigenvalue weighted by Gasteiger charge is 2.12. The Morgan fingerprint density at radius 3 is 2.35 bits per heavy atom. The molecule has 2 aromatic carbocycles. The van der Waals surface area contributed by atoms with Gasteiger partial charge in [-0.3, -0.25) is 0 Å². The third-order valence-corrected chi connectivity index (χ3v) is 3.51. The smallest absolute Gasteiger partial charge is 0.136 e. The van der Waals surface area contributed by atoms with E-state index < -0.39 is 0 Å². The van der Waals surface area contributed by atoms with E-state index in [-0.39, 0.29) is 6.10 Å². The number of halogens is 1. The van der Waals surface area contributed by atoms with Crippen LogP contribution in [0.3, 0.4) is 0 Å². The lowest BCUT2D eigenvalue weighted by molar-refractivity contribution is 0.214. The van der Waals surface area contributed by atoms with Crippen molar-refractivity contribution < 1.29 is 4.74 Å². The molecule has 2 nitrogen and oxygen atoms in total. The lowest BCUT2D eigenvalue weighted by atomic mass is 10.0. The van der Waals surface area contributed by atoms with E-state index in [2.05, 4.69) is 26.0 Å². The standard InChI is InChI=1S/C17H20ClNO/c1-12(2)14-4-3-5-16(10-14)20-17(11-19)13-6-8-15(18)9-7-13/h3-10,12,17H,11,19H2,1-2H3. The largest absolute Gasteiger partial charge is 0.484 e. The zero-order valence-electron chi connectivity index (χ0n) is 11.8. The highest BCUT2D eigenvalue weighted by Crippen LogP contribution is 2.25. The van der Waals surface area contributed by atoms with Gasteiger partial charge in [0, 0.05) is 11.6 Å². The number of benzene rings is 2. The van der Waals surface area contributed by atoms with Crippen LogP contribution in [0.5, 0.6) is 5.75 Å². The number of ether oxygens (including phenoxy) is 1. The lowest BCUT2D eigenvalue weighted by Crippen LogP contribution is -2.18. The summed E-state index contributed by atoms with van der Waals surface area (Å²) in [7, 11) is 0. The van der Waals surface area contributed by atoms with Crippen LogP contribution in [0.15, 0.2) is 48.5 Å². The van der Waals surface area contributed by atoms with Gasteiger partial charge in [-0.15, -0.1) is 0 Å². The molecule has 1 unspecified atom stereocenters. The Hall–Kier alpha value is -1.51. The minimum atomic E-state index is -0.158. The molecule has 0 aliphatic rings. The summed E-state index contributed by atoms with van der Waals surface area (Å²) in [5.41, 5.74) is 8.12. The van der Waals surface area contributed by atoms with Crippen molar-refractivity contribution in [3.8, 4) is 5.75 Å². The van der Waals surface area contributed by atoms with Gasteiger partial charge in [0.2, 0.25) is 0 Å². The quantitative estimate of drug-likeness (QED) is 0.877. The van der Waals surface area contributed by atoms with Gasteiger partial charge in [-0.25, -0.2) is 0 Å². The van der Waals surface area contributed by atoms with Gasteiger partial charge in [-0.05, 0) is 41.3 Å². The Kier molecular flexibility index (Phi) is 5.05. The molecule has 0 bridgehead atoms. The molecule has 0 aliphatic heterocycles. The van der Waals surface area contributed by atoms with Crippen molar-refractivity contribution in [2.45, 2.75) is 25.9 Å². The fourth-order valence-corrected chi connectivity index (χ4v) is 2.17. The summed E-state index contributed by atoms with van der Waals surface area (Å²) in [5.74, 6) is 1.33. The summed E-state index contributed by atoms with van der Waals surface area (Å²) in [6.45, 7) is 4.75. The summed E-state index contributed by atoms with van der Waals surface area (Å²) < 4.78 is 6.01. The first-order valence-corrected chi connectivity index (χ1v) is 7.20. The molecule has 0 saturated carbocycles. The van der Waals surface area contributed by atoms with Gasteiger partial charge in [0.25, 0.3) is 0 Å². The fraction of sp³-hybridized carbons (Fsp3) is 0.294. The Morgan fingerprint density at radius 1 is 1.05 bits per heavy atom. The predicted octanol–water partition coefficient (Wildman–Crippen LogP) is 4.54. The maximum absolute atomic E-state index is 6.01. The summed E-state index contributed by atoms with van der Waals surface area (Å²) in [5, 5.41) is 0.714. The Labute approximate surface area is 125 Å². The number of nitrogens with two attached hydrogens (primary N) is 1. The van der Waals surface area contributed by atoms with Gasteiger partial charge in [0.15, 0.2) is 0 Å². The summed E-state index contributed by atoms with van der Waals surface area (Å²) >= 11 is 5.90. The number of hydrogen-bond donors (Lipinski definition) is 1. The zero-order chi connectivity index (χ0) is 14.5. The Balaban J connectivity index is 2.17. The van der Waals surface area contributed by atoms with Crippen molar-refractivity contribution in [2.75, 3.05) is 6.54 Å². The van der Waals surface area contributed by atoms with Crippen LogP contribution in [-0.2, 0) is 0 Å². The van der Waals surface area contributed by atoms with Crippen LogP contribution in [0.25, 0.3) is 0 Å². The molecule has 0 fully saturated rings. The van der Waals surface area contributed by atoms with Crippen LogP contribution in [0, 0.1) is 0 Å². The van der Waals surface area contributed by atoms with E-state index in [1.54, 1.807) is 0 Å². The maximum atomic E-state index is 6.01. The molecular formula is C17H20ClNO. The van der Waals surface area contributed by atoms with E-state index in [0.29, 0.717) is 17.5 Å². The van der Waals surface area contributed by atoms with Crippen LogP contribution in [-0.4, -0.2) is 6.54 Å². The van der Waals surface area contributed by atoms with E-state index in [9.17, 15) is 0 Å². The molecule has 2 N–H and O–H groups in total. The summed E-state index contributed by atoms with van der Waals surface area (Å²) in [6, 6.07) is 15.8. The van der Waals surface area contributed by atoms with Crippen molar-refractivity contribution in [1.29, 1.82) is 0 Å². The molecule has 20 heavy (non-hydrogen) atoms. The molecule has 2 aromatic rings. The molecule has 3 heteroatoms. The molecule has 0 amide bonds. The van der Waals surface area contributed by atoms with E-state index in [1.807, 2.05) is 36.4 Å². The first kappa shape index (κ1) is 14.9. The minimum Gasteiger partial charge on any atom is -0.484 e. The Bertz CT molecular complexity index is 551. The monoisotopic (exact) mass is 289 g/mol. The average Bonchev–Trinajstić information content (AvgIpc) is 2.46. The van der Waals surface area contributed by atoms with Crippen molar-refractivity contribution >= 4 is 11.6 Å². The van der Waals surface area contributed by atoms with E-state index in [1.165, 1.54) is 5.56 Å². The topological polar surface area (TPSA) is 35.2 Å². The normalized spacial score (nSPS) is 12.4. The third kappa shape index (κ3) is 3.75. The van der Waals surface area contributed by atoms with Crippen LogP contribution < -0.4 is 10.5 Å². The van der Waals surface area contributed by atoms with Crippen LogP contribution >= 0.6 is 11.6 Å². The molecule has 0 spiro atoms. The van der Waals surface area contributed by atoms with Crippen molar-refractivity contribution in [3.05, 3.63) is 64.7 Å². The SMILES string of the molecule is CC(C)c1cccc(OC(CN)c2ccc(Cl)cc2)c1. The molecule has 0 heterocycles. The molecular weight excluding hydrogens is 270 g/mol. The molecule has 1 atom stereocenters. The van der Waals surface area contributed by atoms with Gasteiger partial charge in [-0.1, -0.05) is 49.7 Å². The maximum Gasteiger partial charge on any atom is 0.136 e. The molecule has 106 valence electrons. The van der Waals surface area contributed by atoms with Gasteiger partial charge >= 0.3 is 0 Å². The van der Waals surface area contributed by atoms with Crippen molar-refractivity contribution in [3.63, 3.8) is 0 Å². The van der Waals surface area contributed by atoms with Crippen LogP contribution in [0.4, 0.5) is 0 Å². The predicted molar refractivity (Wildman–Crippen MR) is 84.4 cm³/mol. The molecule has 2 rings (SSSR count).